The van der Waals surface area contributed by atoms with Gasteiger partial charge in [0.05, 0.1) is 6.33 Å². The van der Waals surface area contributed by atoms with Crippen molar-refractivity contribution in [3.05, 3.63) is 54.6 Å². The van der Waals surface area contributed by atoms with Crippen molar-refractivity contribution in [1.29, 1.82) is 0 Å². The zero-order chi connectivity index (χ0) is 16.2. The van der Waals surface area contributed by atoms with Gasteiger partial charge in [-0.25, -0.2) is 4.98 Å². The van der Waals surface area contributed by atoms with Gasteiger partial charge in [-0.05, 0) is 32.4 Å². The van der Waals surface area contributed by atoms with Gasteiger partial charge in [-0.2, -0.15) is 13.2 Å². The molecule has 22 heavy (non-hydrogen) atoms. The Kier molecular flexibility index (Phi) is 4.90. The highest BCUT2D eigenvalue weighted by atomic mass is 19.4. The summed E-state index contributed by atoms with van der Waals surface area (Å²) in [6.45, 7) is 4.20. The van der Waals surface area contributed by atoms with Crippen molar-refractivity contribution >= 4 is 0 Å². The van der Waals surface area contributed by atoms with Gasteiger partial charge in [-0.3, -0.25) is 0 Å². The van der Waals surface area contributed by atoms with E-state index in [0.717, 1.165) is 0 Å². The highest BCUT2D eigenvalue weighted by molar-refractivity contribution is 5.20. The standard InChI is InChI=1S/C16H20F3N3/c1-15(2,22-11-10-20-12-22)8-9-21-14(16(17,18)19)13-6-4-3-5-7-13/h3-7,10-12,14,21H,8-9H2,1-2H3. The summed E-state index contributed by atoms with van der Waals surface area (Å²) in [6, 6.07) is 6.28. The van der Waals surface area contributed by atoms with Gasteiger partial charge in [0.25, 0.3) is 0 Å². The van der Waals surface area contributed by atoms with Crippen LogP contribution in [0.15, 0.2) is 49.1 Å². The van der Waals surface area contributed by atoms with Gasteiger partial charge in [0, 0.05) is 17.9 Å². The van der Waals surface area contributed by atoms with Crippen molar-refractivity contribution in [2.75, 3.05) is 6.54 Å². The van der Waals surface area contributed by atoms with Crippen molar-refractivity contribution in [3.8, 4) is 0 Å². The van der Waals surface area contributed by atoms with Crippen LogP contribution in [0.4, 0.5) is 13.2 Å². The molecule has 2 aromatic rings. The van der Waals surface area contributed by atoms with Crippen molar-refractivity contribution < 1.29 is 13.2 Å². The van der Waals surface area contributed by atoms with Crippen LogP contribution in [0.25, 0.3) is 0 Å². The van der Waals surface area contributed by atoms with Gasteiger partial charge in [-0.1, -0.05) is 30.3 Å². The molecule has 0 radical (unpaired) electrons. The van der Waals surface area contributed by atoms with Crippen LogP contribution in [-0.4, -0.2) is 22.3 Å². The molecule has 0 aliphatic heterocycles. The maximum absolute atomic E-state index is 13.2. The van der Waals surface area contributed by atoms with Crippen molar-refractivity contribution in [1.82, 2.24) is 14.9 Å². The molecule has 3 nitrogen and oxygen atoms in total. The smallest absolute Gasteiger partial charge is 0.332 e. The summed E-state index contributed by atoms with van der Waals surface area (Å²) >= 11 is 0. The molecule has 0 fully saturated rings. The molecule has 0 aliphatic rings. The number of hydrogen-bond acceptors (Lipinski definition) is 2. The first-order valence-electron chi connectivity index (χ1n) is 7.14. The van der Waals surface area contributed by atoms with Crippen LogP contribution < -0.4 is 5.32 Å². The largest absolute Gasteiger partial charge is 0.407 e. The van der Waals surface area contributed by atoms with Crippen LogP contribution in [0.1, 0.15) is 31.9 Å². The molecule has 1 heterocycles. The second-order valence-corrected chi connectivity index (χ2v) is 5.87. The molecule has 1 aromatic carbocycles. The first-order valence-corrected chi connectivity index (χ1v) is 7.14. The number of benzene rings is 1. The highest BCUT2D eigenvalue weighted by Crippen LogP contribution is 2.32. The third-order valence-electron chi connectivity index (χ3n) is 3.75. The summed E-state index contributed by atoms with van der Waals surface area (Å²) in [5.74, 6) is 0. The topological polar surface area (TPSA) is 29.9 Å². The Morgan fingerprint density at radius 1 is 1.18 bits per heavy atom. The number of hydrogen-bond donors (Lipinski definition) is 1. The Hall–Kier alpha value is -1.82. The molecule has 0 saturated heterocycles. The maximum Gasteiger partial charge on any atom is 0.407 e. The third kappa shape index (κ3) is 4.10. The minimum absolute atomic E-state index is 0.232. The molecule has 0 amide bonds. The normalized spacial score (nSPS) is 14.0. The highest BCUT2D eigenvalue weighted by Gasteiger charge is 2.40. The third-order valence-corrected chi connectivity index (χ3v) is 3.75. The molecule has 6 heteroatoms. The minimum Gasteiger partial charge on any atom is -0.332 e. The van der Waals surface area contributed by atoms with Gasteiger partial charge < -0.3 is 9.88 Å². The number of imidazole rings is 1. The SMILES string of the molecule is CC(C)(CCNC(c1ccccc1)C(F)(F)F)n1ccnc1. The Balaban J connectivity index is 2.01. The van der Waals surface area contributed by atoms with Gasteiger partial charge in [0.1, 0.15) is 6.04 Å². The lowest BCUT2D eigenvalue weighted by Crippen LogP contribution is -2.37. The molecule has 0 bridgehead atoms. The fraction of sp³-hybridized carbons (Fsp3) is 0.438. The second-order valence-electron chi connectivity index (χ2n) is 5.87. The fourth-order valence-electron chi connectivity index (χ4n) is 2.34. The summed E-state index contributed by atoms with van der Waals surface area (Å²) < 4.78 is 41.6. The van der Waals surface area contributed by atoms with Crippen molar-refractivity contribution in [2.45, 2.75) is 38.0 Å². The van der Waals surface area contributed by atoms with E-state index in [-0.39, 0.29) is 17.6 Å². The van der Waals surface area contributed by atoms with E-state index in [1.54, 1.807) is 30.7 Å². The minimum atomic E-state index is -4.32. The number of nitrogens with zero attached hydrogens (tertiary/aromatic N) is 2. The van der Waals surface area contributed by atoms with Crippen LogP contribution >= 0.6 is 0 Å². The number of halogens is 3. The Labute approximate surface area is 128 Å². The van der Waals surface area contributed by atoms with Crippen LogP contribution in [0, 0.1) is 0 Å². The monoisotopic (exact) mass is 311 g/mol. The average Bonchev–Trinajstić information content (AvgIpc) is 2.98. The van der Waals surface area contributed by atoms with E-state index in [0.29, 0.717) is 6.42 Å². The predicted octanol–water partition coefficient (Wildman–Crippen LogP) is 3.90. The van der Waals surface area contributed by atoms with Crippen LogP contribution in [0.5, 0.6) is 0 Å². The summed E-state index contributed by atoms with van der Waals surface area (Å²) in [5, 5.41) is 2.64. The zero-order valence-corrected chi connectivity index (χ0v) is 12.6. The number of alkyl halides is 3. The molecule has 1 atom stereocenters. The summed E-state index contributed by atoms with van der Waals surface area (Å²) in [6.07, 6.45) is 1.40. The van der Waals surface area contributed by atoms with E-state index < -0.39 is 12.2 Å². The molecule has 2 rings (SSSR count). The van der Waals surface area contributed by atoms with E-state index in [1.807, 2.05) is 24.6 Å². The lowest BCUT2D eigenvalue weighted by molar-refractivity contribution is -0.157. The first-order chi connectivity index (χ1) is 10.3. The summed E-state index contributed by atoms with van der Waals surface area (Å²) in [5.41, 5.74) is -0.0634. The quantitative estimate of drug-likeness (QED) is 0.877. The van der Waals surface area contributed by atoms with Crippen LogP contribution in [0.3, 0.4) is 0 Å². The van der Waals surface area contributed by atoms with E-state index in [9.17, 15) is 13.2 Å². The molecular weight excluding hydrogens is 291 g/mol. The Morgan fingerprint density at radius 3 is 2.41 bits per heavy atom. The lowest BCUT2D eigenvalue weighted by Gasteiger charge is -2.28. The molecule has 120 valence electrons. The maximum atomic E-state index is 13.2. The Morgan fingerprint density at radius 2 is 1.86 bits per heavy atom. The molecule has 0 aliphatic carbocycles. The van der Waals surface area contributed by atoms with Crippen LogP contribution in [-0.2, 0) is 5.54 Å². The number of aromatic nitrogens is 2. The molecule has 0 saturated carbocycles. The van der Waals surface area contributed by atoms with Gasteiger partial charge in [0.15, 0.2) is 0 Å². The summed E-state index contributed by atoms with van der Waals surface area (Å²) in [7, 11) is 0. The zero-order valence-electron chi connectivity index (χ0n) is 12.6. The summed E-state index contributed by atoms with van der Waals surface area (Å²) in [4.78, 5) is 3.98. The molecule has 1 aromatic heterocycles. The fourth-order valence-corrected chi connectivity index (χ4v) is 2.34. The van der Waals surface area contributed by atoms with E-state index >= 15 is 0 Å². The average molecular weight is 311 g/mol. The van der Waals surface area contributed by atoms with E-state index in [2.05, 4.69) is 10.3 Å². The second kappa shape index (κ2) is 6.52. The first kappa shape index (κ1) is 16.5. The molecule has 0 spiro atoms. The molecule has 1 unspecified atom stereocenters. The van der Waals surface area contributed by atoms with Crippen molar-refractivity contribution in [2.24, 2.45) is 0 Å². The number of rotatable bonds is 6. The predicted molar refractivity (Wildman–Crippen MR) is 79.4 cm³/mol. The van der Waals surface area contributed by atoms with Gasteiger partial charge in [-0.15, -0.1) is 0 Å². The number of nitrogens with one attached hydrogen (secondary N) is 1. The molecule has 1 N–H and O–H groups in total. The lowest BCUT2D eigenvalue weighted by atomic mass is 9.99. The van der Waals surface area contributed by atoms with E-state index in [1.165, 1.54) is 12.1 Å². The molecular formula is C16H20F3N3. The van der Waals surface area contributed by atoms with Gasteiger partial charge in [0.2, 0.25) is 0 Å². The Bertz CT molecular complexity index is 562. The van der Waals surface area contributed by atoms with Gasteiger partial charge >= 0.3 is 6.18 Å². The van der Waals surface area contributed by atoms with Crippen molar-refractivity contribution in [3.63, 3.8) is 0 Å². The van der Waals surface area contributed by atoms with Crippen LogP contribution in [0.2, 0.25) is 0 Å². The van der Waals surface area contributed by atoms with E-state index in [4.69, 9.17) is 0 Å².